The summed E-state index contributed by atoms with van der Waals surface area (Å²) >= 11 is 0. The number of aliphatic hydroxyl groups is 1. The van der Waals surface area contributed by atoms with Gasteiger partial charge in [-0.3, -0.25) is 14.9 Å². The number of nitro groups is 1. The first kappa shape index (κ1) is 25.0. The maximum Gasteiger partial charge on any atom is 0.460 e. The van der Waals surface area contributed by atoms with Gasteiger partial charge in [-0.15, -0.1) is 5.11 Å². The van der Waals surface area contributed by atoms with Gasteiger partial charge >= 0.3 is 18.0 Å². The maximum absolute atomic E-state index is 13.8. The van der Waals surface area contributed by atoms with E-state index in [4.69, 9.17) is 0 Å². The zero-order valence-corrected chi connectivity index (χ0v) is 15.5. The molecule has 1 N–H and O–H groups in total. The van der Waals surface area contributed by atoms with E-state index in [0.29, 0.717) is 0 Å². The summed E-state index contributed by atoms with van der Waals surface area (Å²) in [5.41, 5.74) is -4.11. The average molecular weight is 445 g/mol. The van der Waals surface area contributed by atoms with Gasteiger partial charge in [-0.2, -0.15) is 35.8 Å². The first-order valence-corrected chi connectivity index (χ1v) is 7.81. The minimum atomic E-state index is -6.77. The number of non-ortho nitro benzene ring substituents is 1. The molecule has 1 aromatic carbocycles. The van der Waals surface area contributed by atoms with Crippen molar-refractivity contribution in [3.8, 4) is 0 Å². The molecule has 0 saturated carbocycles. The number of hydrogen-bond acceptors (Lipinski definition) is 6. The monoisotopic (exact) mass is 445 g/mol. The molecule has 166 valence electrons. The Kier molecular flexibility index (Phi) is 6.65. The molecular weight excluding hydrogens is 431 g/mol. The molecule has 1 aromatic rings. The van der Waals surface area contributed by atoms with Crippen LogP contribution in [0.5, 0.6) is 0 Å². The van der Waals surface area contributed by atoms with Gasteiger partial charge in [-0.05, 0) is 12.1 Å². The zero-order valence-electron chi connectivity index (χ0n) is 15.5. The Hall–Kier alpha value is -3.06. The quantitative estimate of drug-likeness (QED) is 0.147. The van der Waals surface area contributed by atoms with Gasteiger partial charge in [0.05, 0.1) is 10.6 Å². The molecule has 0 aromatic heterocycles. The minimum Gasteiger partial charge on any atom is -0.509 e. The number of benzene rings is 1. The molecule has 0 unspecified atom stereocenters. The molecule has 0 spiro atoms. The lowest BCUT2D eigenvalue weighted by Gasteiger charge is -2.28. The van der Waals surface area contributed by atoms with Crippen molar-refractivity contribution >= 4 is 17.2 Å². The summed E-state index contributed by atoms with van der Waals surface area (Å²) in [7, 11) is 0. The SMILES string of the molecule is CC(C)(C)C(O)=C(N=Nc1ccc([N+](=O)[O-])cc1)C(=O)C(F)(F)C(F)(F)C(F)(F)F. The van der Waals surface area contributed by atoms with Crippen molar-refractivity contribution in [1.29, 1.82) is 0 Å². The van der Waals surface area contributed by atoms with E-state index in [1.54, 1.807) is 0 Å². The fourth-order valence-corrected chi connectivity index (χ4v) is 1.77. The van der Waals surface area contributed by atoms with E-state index in [1.165, 1.54) is 0 Å². The number of allylic oxidation sites excluding steroid dienone is 2. The van der Waals surface area contributed by atoms with Crippen molar-refractivity contribution in [3.05, 3.63) is 45.8 Å². The van der Waals surface area contributed by atoms with Crippen LogP contribution in [0.4, 0.5) is 42.1 Å². The number of nitro benzene ring substituents is 1. The van der Waals surface area contributed by atoms with Gasteiger partial charge in [-0.1, -0.05) is 20.8 Å². The van der Waals surface area contributed by atoms with Crippen LogP contribution in [-0.4, -0.2) is 33.8 Å². The second kappa shape index (κ2) is 7.99. The number of nitrogens with zero attached hydrogens (tertiary/aromatic N) is 3. The van der Waals surface area contributed by atoms with Gasteiger partial charge in [-0.25, -0.2) is 0 Å². The number of ketones is 1. The van der Waals surface area contributed by atoms with E-state index < -0.39 is 51.3 Å². The largest absolute Gasteiger partial charge is 0.509 e. The number of alkyl halides is 7. The number of azo groups is 1. The van der Waals surface area contributed by atoms with Gasteiger partial charge < -0.3 is 5.11 Å². The fourth-order valence-electron chi connectivity index (χ4n) is 1.77. The normalized spacial score (nSPS) is 14.6. The Bertz CT molecular complexity index is 886. The number of carbonyl (C=O) groups excluding carboxylic acids is 1. The number of carbonyl (C=O) groups is 1. The Morgan fingerprint density at radius 3 is 1.83 bits per heavy atom. The molecule has 1 rings (SSSR count). The maximum atomic E-state index is 13.8. The van der Waals surface area contributed by atoms with Crippen molar-refractivity contribution in [2.45, 2.75) is 38.8 Å². The van der Waals surface area contributed by atoms with Crippen LogP contribution in [0.3, 0.4) is 0 Å². The lowest BCUT2D eigenvalue weighted by atomic mass is 9.90. The summed E-state index contributed by atoms with van der Waals surface area (Å²) in [5, 5.41) is 26.7. The van der Waals surface area contributed by atoms with E-state index >= 15 is 0 Å². The molecule has 0 amide bonds. The lowest BCUT2D eigenvalue weighted by molar-refractivity contribution is -0.384. The molecule has 7 nitrogen and oxygen atoms in total. The number of Topliss-reactive ketones (excluding diaryl/α,β-unsaturated/α-hetero) is 1. The van der Waals surface area contributed by atoms with Crippen LogP contribution in [0.1, 0.15) is 20.8 Å². The van der Waals surface area contributed by atoms with Gasteiger partial charge in [0.25, 0.3) is 11.5 Å². The standard InChI is InChI=1S/C16H14F7N3O4/c1-13(2,3)11(27)10(12(28)14(17,18)15(19,20)16(21,22)23)25-24-8-4-6-9(7-5-8)26(29)30/h4-7,27H,1-3H3. The van der Waals surface area contributed by atoms with Crippen LogP contribution in [0.25, 0.3) is 0 Å². The number of hydrogen-bond donors (Lipinski definition) is 1. The third kappa shape index (κ3) is 4.91. The lowest BCUT2D eigenvalue weighted by Crippen LogP contribution is -2.56. The first-order chi connectivity index (χ1) is 13.3. The van der Waals surface area contributed by atoms with Gasteiger partial charge in [0.2, 0.25) is 0 Å². The van der Waals surface area contributed by atoms with Crippen LogP contribution < -0.4 is 0 Å². The minimum absolute atomic E-state index is 0.307. The van der Waals surface area contributed by atoms with Gasteiger partial charge in [0.1, 0.15) is 5.76 Å². The van der Waals surface area contributed by atoms with Gasteiger partial charge in [0, 0.05) is 17.5 Å². The average Bonchev–Trinajstić information content (AvgIpc) is 2.59. The topological polar surface area (TPSA) is 105 Å². The van der Waals surface area contributed by atoms with Crippen LogP contribution >= 0.6 is 0 Å². The summed E-state index contributed by atoms with van der Waals surface area (Å²) in [6.07, 6.45) is -6.77. The molecule has 0 aliphatic carbocycles. The zero-order chi connectivity index (χ0) is 23.7. The van der Waals surface area contributed by atoms with E-state index in [9.17, 15) is 50.7 Å². The van der Waals surface area contributed by atoms with Crippen molar-refractivity contribution in [2.24, 2.45) is 15.6 Å². The molecule has 0 atom stereocenters. The Morgan fingerprint density at radius 2 is 1.47 bits per heavy atom. The summed E-state index contributed by atoms with van der Waals surface area (Å²) in [4.78, 5) is 21.7. The Labute approximate surface area is 164 Å². The Balaban J connectivity index is 3.52. The molecule has 0 fully saturated rings. The molecule has 0 aliphatic heterocycles. The third-order valence-corrected chi connectivity index (χ3v) is 3.51. The molecule has 30 heavy (non-hydrogen) atoms. The summed E-state index contributed by atoms with van der Waals surface area (Å²) in [6, 6.07) is 3.66. The fraction of sp³-hybridized carbons (Fsp3) is 0.438. The summed E-state index contributed by atoms with van der Waals surface area (Å²) in [6.45, 7) is 3.41. The van der Waals surface area contributed by atoms with Crippen molar-refractivity contribution in [3.63, 3.8) is 0 Å². The van der Waals surface area contributed by atoms with E-state index in [1.807, 2.05) is 0 Å². The number of rotatable bonds is 6. The van der Waals surface area contributed by atoms with Crippen molar-refractivity contribution in [1.82, 2.24) is 0 Å². The molecule has 14 heteroatoms. The summed E-state index contributed by atoms with van der Waals surface area (Å²) in [5.74, 6) is -17.5. The second-order valence-electron chi connectivity index (χ2n) is 6.90. The number of halogens is 7. The Morgan fingerprint density at radius 1 is 1.00 bits per heavy atom. The predicted octanol–water partition coefficient (Wildman–Crippen LogP) is 5.90. The van der Waals surface area contributed by atoms with Crippen molar-refractivity contribution in [2.75, 3.05) is 0 Å². The van der Waals surface area contributed by atoms with Gasteiger partial charge in [0.15, 0.2) is 5.70 Å². The molecule has 0 radical (unpaired) electrons. The summed E-state index contributed by atoms with van der Waals surface area (Å²) < 4.78 is 91.2. The van der Waals surface area contributed by atoms with E-state index in [2.05, 4.69) is 10.2 Å². The molecule has 0 heterocycles. The van der Waals surface area contributed by atoms with Crippen LogP contribution in [0.15, 0.2) is 46.0 Å². The highest BCUT2D eigenvalue weighted by Crippen LogP contribution is 2.48. The third-order valence-electron chi connectivity index (χ3n) is 3.51. The highest BCUT2D eigenvalue weighted by atomic mass is 19.4. The highest BCUT2D eigenvalue weighted by Gasteiger charge is 2.76. The molecular formula is C16H14F7N3O4. The number of aliphatic hydroxyl groups excluding tert-OH is 1. The van der Waals surface area contributed by atoms with Crippen LogP contribution in [-0.2, 0) is 4.79 Å². The highest BCUT2D eigenvalue weighted by molar-refractivity contribution is 6.01. The van der Waals surface area contributed by atoms with Crippen LogP contribution in [0, 0.1) is 15.5 Å². The molecule has 0 saturated heterocycles. The predicted molar refractivity (Wildman–Crippen MR) is 87.7 cm³/mol. The first-order valence-electron chi connectivity index (χ1n) is 7.81. The van der Waals surface area contributed by atoms with E-state index in [0.717, 1.165) is 45.0 Å². The van der Waals surface area contributed by atoms with Crippen molar-refractivity contribution < 1.29 is 45.6 Å². The second-order valence-corrected chi connectivity index (χ2v) is 6.90. The van der Waals surface area contributed by atoms with E-state index in [-0.39, 0.29) is 5.69 Å². The molecule has 0 aliphatic rings. The molecule has 0 bridgehead atoms. The smallest absolute Gasteiger partial charge is 0.460 e. The van der Waals surface area contributed by atoms with Crippen LogP contribution in [0.2, 0.25) is 0 Å².